The van der Waals surface area contributed by atoms with Crippen molar-refractivity contribution in [2.24, 2.45) is 0 Å². The molecule has 0 aliphatic heterocycles. The molecule has 2 rings (SSSR count). The molecular formula is C14H16FNS. The molecule has 0 amide bonds. The minimum atomic E-state index is -0.175. The molecule has 0 aliphatic rings. The van der Waals surface area contributed by atoms with Gasteiger partial charge in [-0.25, -0.2) is 4.39 Å². The third kappa shape index (κ3) is 2.93. The molecule has 1 N–H and O–H groups in total. The van der Waals surface area contributed by atoms with Crippen LogP contribution in [0.1, 0.15) is 17.4 Å². The van der Waals surface area contributed by atoms with Gasteiger partial charge < -0.3 is 5.32 Å². The van der Waals surface area contributed by atoms with Crippen LogP contribution in [0.4, 0.5) is 4.39 Å². The van der Waals surface area contributed by atoms with Crippen LogP contribution in [-0.4, -0.2) is 6.54 Å². The minimum Gasteiger partial charge on any atom is -0.313 e. The van der Waals surface area contributed by atoms with E-state index >= 15 is 0 Å². The summed E-state index contributed by atoms with van der Waals surface area (Å²) in [7, 11) is 0. The Morgan fingerprint density at radius 2 is 2.06 bits per heavy atom. The molecular weight excluding hydrogens is 233 g/mol. The second kappa shape index (κ2) is 5.43. The normalized spacial score (nSPS) is 10.8. The average Bonchev–Trinajstić information content (AvgIpc) is 2.74. The summed E-state index contributed by atoms with van der Waals surface area (Å²) in [6.07, 6.45) is 0. The SMILES string of the molecule is CCNCc1ccc(F)cc1-c1ccc(C)s1. The number of hydrogen-bond donors (Lipinski definition) is 1. The van der Waals surface area contributed by atoms with Gasteiger partial charge in [-0.3, -0.25) is 0 Å². The van der Waals surface area contributed by atoms with E-state index in [1.807, 2.05) is 6.07 Å². The molecule has 1 heterocycles. The zero-order chi connectivity index (χ0) is 12.3. The van der Waals surface area contributed by atoms with Crippen LogP contribution in [-0.2, 0) is 6.54 Å². The summed E-state index contributed by atoms with van der Waals surface area (Å²) in [6.45, 7) is 5.83. The lowest BCUT2D eigenvalue weighted by atomic mass is 10.1. The first-order valence-corrected chi connectivity index (χ1v) is 6.58. The Morgan fingerprint density at radius 3 is 2.71 bits per heavy atom. The zero-order valence-corrected chi connectivity index (χ0v) is 10.9. The first-order valence-electron chi connectivity index (χ1n) is 5.76. The summed E-state index contributed by atoms with van der Waals surface area (Å²) in [5.74, 6) is -0.175. The summed E-state index contributed by atoms with van der Waals surface area (Å²) in [6, 6.07) is 9.14. The van der Waals surface area contributed by atoms with Crippen molar-refractivity contribution in [3.63, 3.8) is 0 Å². The van der Waals surface area contributed by atoms with E-state index < -0.39 is 0 Å². The molecule has 0 fully saturated rings. The maximum atomic E-state index is 13.3. The van der Waals surface area contributed by atoms with Crippen molar-refractivity contribution in [1.29, 1.82) is 0 Å². The smallest absolute Gasteiger partial charge is 0.123 e. The van der Waals surface area contributed by atoms with E-state index in [-0.39, 0.29) is 5.82 Å². The van der Waals surface area contributed by atoms with Gasteiger partial charge in [-0.2, -0.15) is 0 Å². The van der Waals surface area contributed by atoms with Crippen molar-refractivity contribution in [2.75, 3.05) is 6.54 Å². The van der Waals surface area contributed by atoms with E-state index in [1.165, 1.54) is 10.9 Å². The van der Waals surface area contributed by atoms with Crippen LogP contribution >= 0.6 is 11.3 Å². The van der Waals surface area contributed by atoms with Gasteiger partial charge in [-0.15, -0.1) is 11.3 Å². The van der Waals surface area contributed by atoms with E-state index in [1.54, 1.807) is 17.4 Å². The quantitative estimate of drug-likeness (QED) is 0.864. The summed E-state index contributed by atoms with van der Waals surface area (Å²) < 4.78 is 13.3. The van der Waals surface area contributed by atoms with Crippen LogP contribution in [0.3, 0.4) is 0 Å². The molecule has 90 valence electrons. The van der Waals surface area contributed by atoms with E-state index in [0.29, 0.717) is 0 Å². The summed E-state index contributed by atoms with van der Waals surface area (Å²) >= 11 is 1.70. The molecule has 0 aliphatic carbocycles. The van der Waals surface area contributed by atoms with Crippen molar-refractivity contribution in [3.05, 3.63) is 46.6 Å². The number of benzene rings is 1. The van der Waals surface area contributed by atoms with Gasteiger partial charge in [-0.1, -0.05) is 13.0 Å². The average molecular weight is 249 g/mol. The van der Waals surface area contributed by atoms with Gasteiger partial charge in [0.15, 0.2) is 0 Å². The standard InChI is InChI=1S/C14H16FNS/c1-3-16-9-11-5-6-12(15)8-13(11)14-7-4-10(2)17-14/h4-8,16H,3,9H2,1-2H3. The lowest BCUT2D eigenvalue weighted by Crippen LogP contribution is -2.12. The van der Waals surface area contributed by atoms with Gasteiger partial charge >= 0.3 is 0 Å². The topological polar surface area (TPSA) is 12.0 Å². The van der Waals surface area contributed by atoms with Crippen LogP contribution in [0.5, 0.6) is 0 Å². The summed E-state index contributed by atoms with van der Waals surface area (Å²) in [4.78, 5) is 2.38. The Labute approximate surface area is 105 Å². The number of nitrogens with one attached hydrogen (secondary N) is 1. The molecule has 1 nitrogen and oxygen atoms in total. The molecule has 0 spiro atoms. The van der Waals surface area contributed by atoms with Crippen LogP contribution in [0.25, 0.3) is 10.4 Å². The monoisotopic (exact) mass is 249 g/mol. The van der Waals surface area contributed by atoms with Gasteiger partial charge in [0.05, 0.1) is 0 Å². The summed E-state index contributed by atoms with van der Waals surface area (Å²) in [5, 5.41) is 3.28. The molecule has 17 heavy (non-hydrogen) atoms. The van der Waals surface area contributed by atoms with Gasteiger partial charge in [0.25, 0.3) is 0 Å². The second-order valence-corrected chi connectivity index (χ2v) is 5.28. The lowest BCUT2D eigenvalue weighted by molar-refractivity contribution is 0.626. The Balaban J connectivity index is 2.39. The van der Waals surface area contributed by atoms with Crippen LogP contribution in [0.2, 0.25) is 0 Å². The molecule has 0 radical (unpaired) electrons. The Hall–Kier alpha value is -1.19. The van der Waals surface area contributed by atoms with E-state index in [2.05, 4.69) is 31.3 Å². The van der Waals surface area contributed by atoms with Crippen molar-refractivity contribution in [3.8, 4) is 10.4 Å². The number of halogens is 1. The van der Waals surface area contributed by atoms with Crippen molar-refractivity contribution < 1.29 is 4.39 Å². The van der Waals surface area contributed by atoms with Crippen molar-refractivity contribution >= 4 is 11.3 Å². The van der Waals surface area contributed by atoms with Crippen molar-refractivity contribution in [1.82, 2.24) is 5.32 Å². The van der Waals surface area contributed by atoms with Crippen molar-refractivity contribution in [2.45, 2.75) is 20.4 Å². The van der Waals surface area contributed by atoms with Crippen LogP contribution < -0.4 is 5.32 Å². The molecule has 1 aromatic heterocycles. The lowest BCUT2D eigenvalue weighted by Gasteiger charge is -2.08. The Bertz CT molecular complexity index is 505. The number of rotatable bonds is 4. The second-order valence-electron chi connectivity index (χ2n) is 3.99. The minimum absolute atomic E-state index is 0.175. The highest BCUT2D eigenvalue weighted by Crippen LogP contribution is 2.31. The van der Waals surface area contributed by atoms with Gasteiger partial charge in [0.2, 0.25) is 0 Å². The first-order chi connectivity index (χ1) is 8.20. The van der Waals surface area contributed by atoms with E-state index in [9.17, 15) is 4.39 Å². The Morgan fingerprint density at radius 1 is 1.24 bits per heavy atom. The number of hydrogen-bond acceptors (Lipinski definition) is 2. The van der Waals surface area contributed by atoms with Gasteiger partial charge in [0, 0.05) is 16.3 Å². The summed E-state index contributed by atoms with van der Waals surface area (Å²) in [5.41, 5.74) is 2.15. The first kappa shape index (κ1) is 12.3. The fourth-order valence-corrected chi connectivity index (χ4v) is 2.69. The Kier molecular flexibility index (Phi) is 3.92. The third-order valence-corrected chi connectivity index (χ3v) is 3.68. The van der Waals surface area contributed by atoms with Crippen LogP contribution in [0.15, 0.2) is 30.3 Å². The van der Waals surface area contributed by atoms with Gasteiger partial charge in [-0.05, 0) is 48.9 Å². The highest BCUT2D eigenvalue weighted by molar-refractivity contribution is 7.15. The fourth-order valence-electron chi connectivity index (χ4n) is 1.77. The van der Waals surface area contributed by atoms with E-state index in [4.69, 9.17) is 0 Å². The fraction of sp³-hybridized carbons (Fsp3) is 0.286. The molecule has 0 atom stereocenters. The van der Waals surface area contributed by atoms with E-state index in [0.717, 1.165) is 29.1 Å². The molecule has 0 unspecified atom stereocenters. The maximum Gasteiger partial charge on any atom is 0.123 e. The number of aryl methyl sites for hydroxylation is 1. The highest BCUT2D eigenvalue weighted by atomic mass is 32.1. The molecule has 1 aromatic carbocycles. The molecule has 0 saturated carbocycles. The van der Waals surface area contributed by atoms with Gasteiger partial charge in [0.1, 0.15) is 5.82 Å². The highest BCUT2D eigenvalue weighted by Gasteiger charge is 2.08. The molecule has 2 aromatic rings. The third-order valence-electron chi connectivity index (χ3n) is 2.64. The molecule has 3 heteroatoms. The molecule has 0 saturated heterocycles. The zero-order valence-electron chi connectivity index (χ0n) is 10.1. The maximum absolute atomic E-state index is 13.3. The largest absolute Gasteiger partial charge is 0.313 e. The van der Waals surface area contributed by atoms with Crippen LogP contribution in [0, 0.1) is 12.7 Å². The predicted octanol–water partition coefficient (Wildman–Crippen LogP) is 3.97. The number of thiophene rings is 1. The predicted molar refractivity (Wildman–Crippen MR) is 71.8 cm³/mol. The molecule has 0 bridgehead atoms.